The molecular weight excluding hydrogens is 214 g/mol. The van der Waals surface area contributed by atoms with Gasteiger partial charge in [-0.15, -0.1) is 0 Å². The van der Waals surface area contributed by atoms with Gasteiger partial charge in [-0.3, -0.25) is 0 Å². The first kappa shape index (κ1) is 14.2. The molecule has 98 valence electrons. The maximum atomic E-state index is 5.32. The second-order valence-electron chi connectivity index (χ2n) is 5.33. The highest BCUT2D eigenvalue weighted by atomic mass is 16.5. The predicted molar refractivity (Wildman–Crippen MR) is 70.1 cm³/mol. The van der Waals surface area contributed by atoms with Crippen LogP contribution in [0.4, 0.5) is 0 Å². The zero-order chi connectivity index (χ0) is 13.1. The Bertz CT molecular complexity index is 344. The molecule has 0 aromatic carbocycles. The van der Waals surface area contributed by atoms with Crippen molar-refractivity contribution in [3.8, 4) is 0 Å². The SMILES string of the molecule is CNC(C)(C)c1cncn1C(COC)C(C)C. The first-order valence-corrected chi connectivity index (χ1v) is 6.14. The number of nitrogens with zero attached hydrogens (tertiary/aromatic N) is 2. The van der Waals surface area contributed by atoms with Crippen molar-refractivity contribution in [2.45, 2.75) is 39.3 Å². The van der Waals surface area contributed by atoms with Gasteiger partial charge in [0, 0.05) is 7.11 Å². The number of hydrogen-bond acceptors (Lipinski definition) is 3. The Morgan fingerprint density at radius 2 is 2.12 bits per heavy atom. The zero-order valence-corrected chi connectivity index (χ0v) is 11.8. The summed E-state index contributed by atoms with van der Waals surface area (Å²) in [6.07, 6.45) is 3.83. The summed E-state index contributed by atoms with van der Waals surface area (Å²) in [7, 11) is 3.72. The van der Waals surface area contributed by atoms with Gasteiger partial charge in [-0.25, -0.2) is 4.98 Å². The highest BCUT2D eigenvalue weighted by Crippen LogP contribution is 2.26. The van der Waals surface area contributed by atoms with Crippen LogP contribution in [-0.2, 0) is 10.3 Å². The van der Waals surface area contributed by atoms with E-state index in [1.807, 2.05) is 19.6 Å². The number of aromatic nitrogens is 2. The first-order valence-electron chi connectivity index (χ1n) is 6.14. The molecule has 0 bridgehead atoms. The Balaban J connectivity index is 3.09. The average Bonchev–Trinajstić information content (AvgIpc) is 2.74. The van der Waals surface area contributed by atoms with Crippen LogP contribution in [0, 0.1) is 5.92 Å². The topological polar surface area (TPSA) is 39.1 Å². The fraction of sp³-hybridized carbons (Fsp3) is 0.769. The Hall–Kier alpha value is -0.870. The summed E-state index contributed by atoms with van der Waals surface area (Å²) in [5, 5.41) is 3.32. The number of rotatable bonds is 6. The van der Waals surface area contributed by atoms with Crippen LogP contribution in [-0.4, -0.2) is 30.3 Å². The third-order valence-electron chi connectivity index (χ3n) is 3.40. The molecule has 1 unspecified atom stereocenters. The quantitative estimate of drug-likeness (QED) is 0.827. The molecular formula is C13H25N3O. The lowest BCUT2D eigenvalue weighted by atomic mass is 9.98. The van der Waals surface area contributed by atoms with Crippen molar-refractivity contribution in [1.29, 1.82) is 0 Å². The molecule has 1 atom stereocenters. The summed E-state index contributed by atoms with van der Waals surface area (Å²) in [5.74, 6) is 0.510. The maximum Gasteiger partial charge on any atom is 0.0952 e. The monoisotopic (exact) mass is 239 g/mol. The van der Waals surface area contributed by atoms with Crippen molar-refractivity contribution < 1.29 is 4.74 Å². The Labute approximate surface area is 104 Å². The minimum Gasteiger partial charge on any atom is -0.383 e. The average molecular weight is 239 g/mol. The summed E-state index contributed by atoms with van der Waals surface area (Å²) in [6, 6.07) is 0.324. The molecule has 1 heterocycles. The Morgan fingerprint density at radius 1 is 1.47 bits per heavy atom. The van der Waals surface area contributed by atoms with E-state index in [1.165, 1.54) is 5.69 Å². The summed E-state index contributed by atoms with van der Waals surface area (Å²) < 4.78 is 7.55. The molecule has 0 aliphatic heterocycles. The molecule has 0 fully saturated rings. The number of nitrogens with one attached hydrogen (secondary N) is 1. The number of methoxy groups -OCH3 is 1. The van der Waals surface area contributed by atoms with Crippen molar-refractivity contribution in [2.24, 2.45) is 5.92 Å². The molecule has 17 heavy (non-hydrogen) atoms. The smallest absolute Gasteiger partial charge is 0.0952 e. The fourth-order valence-electron chi connectivity index (χ4n) is 1.95. The lowest BCUT2D eigenvalue weighted by Gasteiger charge is -2.30. The van der Waals surface area contributed by atoms with Gasteiger partial charge in [0.2, 0.25) is 0 Å². The third kappa shape index (κ3) is 3.07. The van der Waals surface area contributed by atoms with Gasteiger partial charge in [-0.1, -0.05) is 13.8 Å². The molecule has 0 spiro atoms. The maximum absolute atomic E-state index is 5.32. The molecule has 4 heteroatoms. The predicted octanol–water partition coefficient (Wildman–Crippen LogP) is 2.18. The molecule has 0 saturated heterocycles. The molecule has 0 amide bonds. The number of ether oxygens (including phenoxy) is 1. The highest BCUT2D eigenvalue weighted by molar-refractivity contribution is 5.12. The van der Waals surface area contributed by atoms with E-state index in [-0.39, 0.29) is 5.54 Å². The normalized spacial score (nSPS) is 14.3. The zero-order valence-electron chi connectivity index (χ0n) is 11.8. The highest BCUT2D eigenvalue weighted by Gasteiger charge is 2.26. The summed E-state index contributed by atoms with van der Waals surface area (Å²) in [4.78, 5) is 4.29. The summed E-state index contributed by atoms with van der Waals surface area (Å²) in [5.41, 5.74) is 1.10. The molecule has 0 aliphatic rings. The fourth-order valence-corrected chi connectivity index (χ4v) is 1.95. The van der Waals surface area contributed by atoms with E-state index >= 15 is 0 Å². The second-order valence-corrected chi connectivity index (χ2v) is 5.33. The van der Waals surface area contributed by atoms with Gasteiger partial charge in [-0.05, 0) is 26.8 Å². The first-order chi connectivity index (χ1) is 7.94. The van der Waals surface area contributed by atoms with Gasteiger partial charge in [0.15, 0.2) is 0 Å². The molecule has 0 radical (unpaired) electrons. The van der Waals surface area contributed by atoms with E-state index in [9.17, 15) is 0 Å². The molecule has 1 N–H and O–H groups in total. The summed E-state index contributed by atoms with van der Waals surface area (Å²) >= 11 is 0. The minimum absolute atomic E-state index is 0.0859. The van der Waals surface area contributed by atoms with E-state index in [2.05, 4.69) is 42.6 Å². The minimum atomic E-state index is -0.0859. The number of hydrogen-bond donors (Lipinski definition) is 1. The van der Waals surface area contributed by atoms with E-state index in [0.717, 1.165) is 0 Å². The van der Waals surface area contributed by atoms with Crippen molar-refractivity contribution in [3.63, 3.8) is 0 Å². The Morgan fingerprint density at radius 3 is 2.59 bits per heavy atom. The van der Waals surface area contributed by atoms with Gasteiger partial charge in [0.05, 0.1) is 36.4 Å². The van der Waals surface area contributed by atoms with E-state index in [0.29, 0.717) is 18.6 Å². The van der Waals surface area contributed by atoms with Crippen molar-refractivity contribution in [1.82, 2.24) is 14.9 Å². The molecule has 1 aromatic heterocycles. The standard InChI is InChI=1S/C13H25N3O/c1-10(2)11(8-17-6)16-9-15-7-12(16)13(3,4)14-5/h7,9-11,14H,8H2,1-6H3. The van der Waals surface area contributed by atoms with Crippen LogP contribution in [0.3, 0.4) is 0 Å². The summed E-state index contributed by atoms with van der Waals surface area (Å²) in [6.45, 7) is 9.44. The van der Waals surface area contributed by atoms with Crippen LogP contribution < -0.4 is 5.32 Å². The van der Waals surface area contributed by atoms with Gasteiger partial charge in [0.1, 0.15) is 0 Å². The Kier molecular flexibility index (Phi) is 4.71. The van der Waals surface area contributed by atoms with Crippen LogP contribution in [0.2, 0.25) is 0 Å². The van der Waals surface area contributed by atoms with E-state index in [4.69, 9.17) is 4.74 Å². The molecule has 1 aromatic rings. The van der Waals surface area contributed by atoms with Crippen molar-refractivity contribution in [2.75, 3.05) is 20.8 Å². The lowest BCUT2D eigenvalue weighted by molar-refractivity contribution is 0.129. The van der Waals surface area contributed by atoms with Crippen molar-refractivity contribution >= 4 is 0 Å². The van der Waals surface area contributed by atoms with Crippen LogP contribution in [0.5, 0.6) is 0 Å². The number of imidazole rings is 1. The van der Waals surface area contributed by atoms with Crippen LogP contribution in [0.15, 0.2) is 12.5 Å². The largest absolute Gasteiger partial charge is 0.383 e. The van der Waals surface area contributed by atoms with Crippen molar-refractivity contribution in [3.05, 3.63) is 18.2 Å². The van der Waals surface area contributed by atoms with Crippen LogP contribution in [0.25, 0.3) is 0 Å². The second kappa shape index (κ2) is 5.65. The van der Waals surface area contributed by atoms with Crippen LogP contribution >= 0.6 is 0 Å². The molecule has 1 rings (SSSR count). The molecule has 0 saturated carbocycles. The third-order valence-corrected chi connectivity index (χ3v) is 3.40. The van der Waals surface area contributed by atoms with E-state index in [1.54, 1.807) is 7.11 Å². The molecule has 4 nitrogen and oxygen atoms in total. The van der Waals surface area contributed by atoms with E-state index < -0.39 is 0 Å². The van der Waals surface area contributed by atoms with Gasteiger partial charge in [0.25, 0.3) is 0 Å². The van der Waals surface area contributed by atoms with Gasteiger partial charge < -0.3 is 14.6 Å². The van der Waals surface area contributed by atoms with Gasteiger partial charge in [-0.2, -0.15) is 0 Å². The molecule has 0 aliphatic carbocycles. The van der Waals surface area contributed by atoms with Crippen LogP contribution in [0.1, 0.15) is 39.4 Å². The lowest BCUT2D eigenvalue weighted by Crippen LogP contribution is -2.37. The van der Waals surface area contributed by atoms with Gasteiger partial charge >= 0.3 is 0 Å².